The Hall–Kier alpha value is -0.860. The monoisotopic (exact) mass is 280 g/mol. The smallest absolute Gasteiger partial charge is 0.0637 e. The first-order chi connectivity index (χ1) is 9.29. The zero-order chi connectivity index (χ0) is 13.9. The average molecular weight is 281 g/mol. The molecule has 0 saturated heterocycles. The Labute approximate surface area is 122 Å². The number of pyridine rings is 1. The molecule has 2 nitrogen and oxygen atoms in total. The zero-order valence-corrected chi connectivity index (χ0v) is 12.6. The summed E-state index contributed by atoms with van der Waals surface area (Å²) in [5.74, 6) is 0. The first-order valence-electron chi connectivity index (χ1n) is 7.23. The van der Waals surface area contributed by atoms with Crippen LogP contribution in [0.15, 0.2) is 31.1 Å². The molecule has 0 aromatic carbocycles. The lowest BCUT2D eigenvalue weighted by Gasteiger charge is -2.20. The molecule has 0 saturated carbocycles. The first-order valence-corrected chi connectivity index (χ1v) is 7.61. The normalized spacial score (nSPS) is 12.3. The highest BCUT2D eigenvalue weighted by molar-refractivity contribution is 6.31. The van der Waals surface area contributed by atoms with Crippen LogP contribution in [0.4, 0.5) is 0 Å². The minimum absolute atomic E-state index is 0.346. The van der Waals surface area contributed by atoms with E-state index in [-0.39, 0.29) is 0 Å². The molecule has 106 valence electrons. The van der Waals surface area contributed by atoms with E-state index in [1.165, 1.54) is 24.8 Å². The molecule has 3 heteroatoms. The zero-order valence-electron chi connectivity index (χ0n) is 11.9. The second-order valence-electron chi connectivity index (χ2n) is 4.83. The maximum absolute atomic E-state index is 6.24. The number of nitrogens with one attached hydrogen (secondary N) is 1. The Bertz CT molecular complexity index is 366. The minimum Gasteiger partial charge on any atom is -0.310 e. The summed E-state index contributed by atoms with van der Waals surface area (Å²) < 4.78 is 0. The number of rotatable bonds is 10. The highest BCUT2D eigenvalue weighted by atomic mass is 35.5. The van der Waals surface area contributed by atoms with Crippen molar-refractivity contribution in [2.75, 3.05) is 6.54 Å². The molecule has 0 aliphatic heterocycles. The molecule has 0 fully saturated rings. The predicted molar refractivity (Wildman–Crippen MR) is 83.6 cm³/mol. The van der Waals surface area contributed by atoms with Gasteiger partial charge in [-0.2, -0.15) is 0 Å². The summed E-state index contributed by atoms with van der Waals surface area (Å²) in [5, 5.41) is 4.35. The van der Waals surface area contributed by atoms with Crippen LogP contribution >= 0.6 is 11.6 Å². The quantitative estimate of drug-likeness (QED) is 0.486. The molecule has 1 rings (SSSR count). The van der Waals surface area contributed by atoms with Crippen LogP contribution in [0.5, 0.6) is 0 Å². The summed E-state index contributed by atoms with van der Waals surface area (Å²) in [5.41, 5.74) is 1.17. The number of nitrogens with zero attached hydrogens (tertiary/aromatic N) is 1. The van der Waals surface area contributed by atoms with Crippen LogP contribution in [-0.4, -0.2) is 11.5 Å². The summed E-state index contributed by atoms with van der Waals surface area (Å²) in [6.07, 6.45) is 12.6. The fraction of sp³-hybridized carbons (Fsp3) is 0.562. The van der Waals surface area contributed by atoms with Crippen molar-refractivity contribution < 1.29 is 0 Å². The molecule has 1 unspecified atom stereocenters. The molecular weight excluding hydrogens is 256 g/mol. The molecule has 19 heavy (non-hydrogen) atoms. The second kappa shape index (κ2) is 9.99. The summed E-state index contributed by atoms with van der Waals surface area (Å²) >= 11 is 6.24. The lowest BCUT2D eigenvalue weighted by Crippen LogP contribution is -2.22. The van der Waals surface area contributed by atoms with E-state index in [0.29, 0.717) is 6.04 Å². The van der Waals surface area contributed by atoms with Crippen LogP contribution in [0.3, 0.4) is 0 Å². The van der Waals surface area contributed by atoms with E-state index in [1.807, 2.05) is 18.3 Å². The van der Waals surface area contributed by atoms with Gasteiger partial charge in [-0.15, -0.1) is 6.58 Å². The van der Waals surface area contributed by atoms with Gasteiger partial charge in [0, 0.05) is 18.4 Å². The van der Waals surface area contributed by atoms with Gasteiger partial charge in [-0.3, -0.25) is 4.98 Å². The lowest BCUT2D eigenvalue weighted by molar-refractivity contribution is 0.472. The van der Waals surface area contributed by atoms with Crippen LogP contribution < -0.4 is 5.32 Å². The maximum atomic E-state index is 6.24. The van der Waals surface area contributed by atoms with Crippen molar-refractivity contribution in [3.8, 4) is 0 Å². The van der Waals surface area contributed by atoms with Crippen LogP contribution in [0.25, 0.3) is 0 Å². The number of unbranched alkanes of at least 4 members (excludes halogenated alkanes) is 3. The largest absolute Gasteiger partial charge is 0.310 e. The molecule has 0 amide bonds. The number of halogens is 1. The van der Waals surface area contributed by atoms with Crippen LogP contribution in [0.2, 0.25) is 5.02 Å². The topological polar surface area (TPSA) is 24.9 Å². The van der Waals surface area contributed by atoms with Crippen molar-refractivity contribution in [1.82, 2.24) is 10.3 Å². The second-order valence-corrected chi connectivity index (χ2v) is 5.24. The van der Waals surface area contributed by atoms with E-state index in [0.717, 1.165) is 30.8 Å². The molecule has 0 radical (unpaired) electrons. The third-order valence-electron chi connectivity index (χ3n) is 3.22. The Morgan fingerprint density at radius 3 is 2.95 bits per heavy atom. The van der Waals surface area contributed by atoms with Crippen molar-refractivity contribution >= 4 is 11.6 Å². The molecular formula is C16H25ClN2. The molecule has 1 atom stereocenters. The molecule has 0 aliphatic rings. The van der Waals surface area contributed by atoms with Gasteiger partial charge in [0.2, 0.25) is 0 Å². The average Bonchev–Trinajstić information content (AvgIpc) is 2.43. The van der Waals surface area contributed by atoms with Gasteiger partial charge in [0.1, 0.15) is 0 Å². The van der Waals surface area contributed by atoms with Crippen molar-refractivity contribution in [2.24, 2.45) is 0 Å². The third kappa shape index (κ3) is 6.22. The maximum Gasteiger partial charge on any atom is 0.0637 e. The molecule has 1 heterocycles. The Morgan fingerprint density at radius 1 is 1.42 bits per heavy atom. The first kappa shape index (κ1) is 16.2. The van der Waals surface area contributed by atoms with Gasteiger partial charge in [-0.1, -0.05) is 37.4 Å². The van der Waals surface area contributed by atoms with Crippen LogP contribution in [0.1, 0.15) is 57.1 Å². The van der Waals surface area contributed by atoms with Gasteiger partial charge < -0.3 is 5.32 Å². The van der Waals surface area contributed by atoms with Crippen molar-refractivity contribution in [3.63, 3.8) is 0 Å². The van der Waals surface area contributed by atoms with Gasteiger partial charge in [0.05, 0.1) is 5.02 Å². The van der Waals surface area contributed by atoms with E-state index in [1.54, 1.807) is 6.20 Å². The lowest BCUT2D eigenvalue weighted by atomic mass is 10.0. The molecule has 1 N–H and O–H groups in total. The Balaban J connectivity index is 2.52. The van der Waals surface area contributed by atoms with E-state index in [9.17, 15) is 0 Å². The Kier molecular flexibility index (Phi) is 8.52. The number of hydrogen-bond acceptors (Lipinski definition) is 2. The van der Waals surface area contributed by atoms with Crippen LogP contribution in [0, 0.1) is 0 Å². The molecule has 1 aromatic rings. The third-order valence-corrected chi connectivity index (χ3v) is 3.54. The fourth-order valence-electron chi connectivity index (χ4n) is 2.17. The molecule has 0 aliphatic carbocycles. The summed E-state index contributed by atoms with van der Waals surface area (Å²) in [6, 6.07) is 2.37. The highest BCUT2D eigenvalue weighted by Crippen LogP contribution is 2.26. The van der Waals surface area contributed by atoms with E-state index in [2.05, 4.69) is 23.8 Å². The summed E-state index contributed by atoms with van der Waals surface area (Å²) in [7, 11) is 0. The minimum atomic E-state index is 0.346. The number of aromatic nitrogens is 1. The van der Waals surface area contributed by atoms with Gasteiger partial charge in [-0.05, 0) is 43.9 Å². The summed E-state index contributed by atoms with van der Waals surface area (Å²) in [4.78, 5) is 4.06. The summed E-state index contributed by atoms with van der Waals surface area (Å²) in [6.45, 7) is 6.96. The Morgan fingerprint density at radius 2 is 2.26 bits per heavy atom. The van der Waals surface area contributed by atoms with E-state index >= 15 is 0 Å². The SMILES string of the molecule is C=CCCCCCC(NCCC)c1ccncc1Cl. The molecule has 0 bridgehead atoms. The highest BCUT2D eigenvalue weighted by Gasteiger charge is 2.13. The van der Waals surface area contributed by atoms with E-state index < -0.39 is 0 Å². The van der Waals surface area contributed by atoms with Gasteiger partial charge in [0.25, 0.3) is 0 Å². The van der Waals surface area contributed by atoms with Gasteiger partial charge in [-0.25, -0.2) is 0 Å². The number of allylic oxidation sites excluding steroid dienone is 1. The number of hydrogen-bond donors (Lipinski definition) is 1. The van der Waals surface area contributed by atoms with Crippen molar-refractivity contribution in [2.45, 2.75) is 51.5 Å². The van der Waals surface area contributed by atoms with Crippen LogP contribution in [-0.2, 0) is 0 Å². The predicted octanol–water partition coefficient (Wildman–Crippen LogP) is 4.91. The molecule has 1 aromatic heterocycles. The van der Waals surface area contributed by atoms with Gasteiger partial charge in [0.15, 0.2) is 0 Å². The van der Waals surface area contributed by atoms with Gasteiger partial charge >= 0.3 is 0 Å². The van der Waals surface area contributed by atoms with Crippen molar-refractivity contribution in [3.05, 3.63) is 41.7 Å². The standard InChI is InChI=1S/C16H25ClN2/c1-3-5-6-7-8-9-16(19-11-4-2)14-10-12-18-13-15(14)17/h3,10,12-13,16,19H,1,4-9,11H2,2H3. The fourth-order valence-corrected chi connectivity index (χ4v) is 2.42. The van der Waals surface area contributed by atoms with Crippen molar-refractivity contribution in [1.29, 1.82) is 0 Å². The van der Waals surface area contributed by atoms with E-state index in [4.69, 9.17) is 11.6 Å². The molecule has 0 spiro atoms.